The van der Waals surface area contributed by atoms with Gasteiger partial charge in [0.15, 0.2) is 5.60 Å². The van der Waals surface area contributed by atoms with Crippen molar-refractivity contribution in [1.29, 1.82) is 0 Å². The van der Waals surface area contributed by atoms with E-state index in [0.29, 0.717) is 36.3 Å². The second kappa shape index (κ2) is 10.5. The maximum Gasteiger partial charge on any atom is 0.421 e. The highest BCUT2D eigenvalue weighted by Gasteiger charge is 2.51. The van der Waals surface area contributed by atoms with Crippen LogP contribution in [0.4, 0.5) is 18.9 Å². The standard InChI is InChI=1S/C25H31F3N2O4S2/c1-24(31,25(26,27)28)19-6-8-20(9-7-19)30-13-12-29(17-21(30)16-18-10-14-34-15-11-18)36(32,33)23-5-3-2-4-22(23)35/h2-9,18,21,31,35H,10-17H2,1H3/t21-,24-/m0/s1. The van der Waals surface area contributed by atoms with E-state index in [0.717, 1.165) is 26.2 Å². The van der Waals surface area contributed by atoms with E-state index >= 15 is 0 Å². The van der Waals surface area contributed by atoms with Crippen molar-refractivity contribution in [1.82, 2.24) is 4.31 Å². The number of ether oxygens (including phenoxy) is 1. The summed E-state index contributed by atoms with van der Waals surface area (Å²) in [5.74, 6) is 0.358. The molecule has 2 aromatic carbocycles. The Labute approximate surface area is 215 Å². The fraction of sp³-hybridized carbons (Fsp3) is 0.520. The molecule has 2 aromatic rings. The summed E-state index contributed by atoms with van der Waals surface area (Å²) >= 11 is 4.34. The minimum Gasteiger partial charge on any atom is -0.381 e. The molecule has 0 spiro atoms. The fourth-order valence-electron chi connectivity index (χ4n) is 4.91. The number of benzene rings is 2. The van der Waals surface area contributed by atoms with Crippen LogP contribution in [0.2, 0.25) is 0 Å². The predicted octanol–water partition coefficient (Wildman–Crippen LogP) is 4.44. The Bertz CT molecular complexity index is 1150. The largest absolute Gasteiger partial charge is 0.421 e. The molecule has 4 rings (SSSR count). The molecule has 198 valence electrons. The van der Waals surface area contributed by atoms with Crippen LogP contribution < -0.4 is 4.90 Å². The van der Waals surface area contributed by atoms with Crippen LogP contribution in [-0.2, 0) is 20.4 Å². The summed E-state index contributed by atoms with van der Waals surface area (Å²) in [6.07, 6.45) is -2.31. The number of aliphatic hydroxyl groups is 1. The quantitative estimate of drug-likeness (QED) is 0.527. The minimum absolute atomic E-state index is 0.158. The van der Waals surface area contributed by atoms with Gasteiger partial charge in [-0.05, 0) is 61.9 Å². The Balaban J connectivity index is 1.60. The molecule has 2 heterocycles. The van der Waals surface area contributed by atoms with Crippen LogP contribution in [0.15, 0.2) is 58.3 Å². The first-order valence-electron chi connectivity index (χ1n) is 11.9. The maximum atomic E-state index is 13.4. The topological polar surface area (TPSA) is 70.1 Å². The molecular formula is C25H31F3N2O4S2. The van der Waals surface area contributed by atoms with Gasteiger partial charge in [0, 0.05) is 49.5 Å². The van der Waals surface area contributed by atoms with Crippen molar-refractivity contribution in [2.75, 3.05) is 37.7 Å². The molecule has 6 nitrogen and oxygen atoms in total. The van der Waals surface area contributed by atoms with Crippen LogP contribution in [0.1, 0.15) is 31.7 Å². The lowest BCUT2D eigenvalue weighted by molar-refractivity contribution is -0.258. The van der Waals surface area contributed by atoms with E-state index in [-0.39, 0.29) is 29.6 Å². The monoisotopic (exact) mass is 544 g/mol. The third-order valence-electron chi connectivity index (χ3n) is 7.19. The van der Waals surface area contributed by atoms with Crippen molar-refractivity contribution in [2.45, 2.75) is 53.8 Å². The normalized spacial score (nSPS) is 22.4. The molecule has 2 saturated heterocycles. The average Bonchev–Trinajstić information content (AvgIpc) is 2.84. The van der Waals surface area contributed by atoms with Crippen molar-refractivity contribution in [3.05, 3.63) is 54.1 Å². The van der Waals surface area contributed by atoms with E-state index in [9.17, 15) is 26.7 Å². The zero-order valence-corrected chi connectivity index (χ0v) is 21.7. The van der Waals surface area contributed by atoms with Gasteiger partial charge in [0.1, 0.15) is 0 Å². The first-order chi connectivity index (χ1) is 16.9. The van der Waals surface area contributed by atoms with Gasteiger partial charge in [-0.2, -0.15) is 17.5 Å². The Morgan fingerprint density at radius 2 is 1.69 bits per heavy atom. The Morgan fingerprint density at radius 1 is 1.06 bits per heavy atom. The molecule has 2 aliphatic heterocycles. The van der Waals surface area contributed by atoms with Gasteiger partial charge in [-0.25, -0.2) is 8.42 Å². The fourth-order valence-corrected chi connectivity index (χ4v) is 6.97. The summed E-state index contributed by atoms with van der Waals surface area (Å²) < 4.78 is 73.7. The van der Waals surface area contributed by atoms with E-state index in [1.165, 1.54) is 16.4 Å². The molecule has 11 heteroatoms. The Kier molecular flexibility index (Phi) is 7.97. The first-order valence-corrected chi connectivity index (χ1v) is 13.8. The van der Waals surface area contributed by atoms with Gasteiger partial charge in [-0.1, -0.05) is 24.3 Å². The number of anilines is 1. The van der Waals surface area contributed by atoms with Crippen molar-refractivity contribution < 1.29 is 31.4 Å². The van der Waals surface area contributed by atoms with Gasteiger partial charge in [-0.3, -0.25) is 0 Å². The molecule has 2 aliphatic rings. The van der Waals surface area contributed by atoms with Gasteiger partial charge in [0.25, 0.3) is 0 Å². The number of thiol groups is 1. The molecule has 0 saturated carbocycles. The number of rotatable bonds is 6. The van der Waals surface area contributed by atoms with E-state index in [2.05, 4.69) is 17.5 Å². The Morgan fingerprint density at radius 3 is 2.31 bits per heavy atom. The van der Waals surface area contributed by atoms with Crippen LogP contribution in [0.3, 0.4) is 0 Å². The number of sulfonamides is 1. The number of alkyl halides is 3. The van der Waals surface area contributed by atoms with Crippen molar-refractivity contribution in [2.24, 2.45) is 5.92 Å². The van der Waals surface area contributed by atoms with Gasteiger partial charge in [0.05, 0.1) is 4.90 Å². The van der Waals surface area contributed by atoms with Gasteiger partial charge in [-0.15, -0.1) is 12.6 Å². The summed E-state index contributed by atoms with van der Waals surface area (Å²) in [5.41, 5.74) is -2.51. The highest BCUT2D eigenvalue weighted by atomic mass is 32.2. The molecule has 2 atom stereocenters. The zero-order chi connectivity index (χ0) is 26.1. The molecule has 36 heavy (non-hydrogen) atoms. The summed E-state index contributed by atoms with van der Waals surface area (Å²) in [6.45, 7) is 2.93. The van der Waals surface area contributed by atoms with E-state index < -0.39 is 21.8 Å². The van der Waals surface area contributed by atoms with Gasteiger partial charge in [0.2, 0.25) is 10.0 Å². The van der Waals surface area contributed by atoms with Crippen molar-refractivity contribution >= 4 is 28.3 Å². The SMILES string of the molecule is C[C@](O)(c1ccc(N2CCN(S(=O)(=O)c3ccccc3S)C[C@@H]2CC2CCOCC2)cc1)C(F)(F)F. The molecule has 0 amide bonds. The van der Waals surface area contributed by atoms with Crippen molar-refractivity contribution in [3.8, 4) is 0 Å². The second-order valence-electron chi connectivity index (χ2n) is 9.59. The highest BCUT2D eigenvalue weighted by molar-refractivity contribution is 7.90. The second-order valence-corrected chi connectivity index (χ2v) is 12.0. The van der Waals surface area contributed by atoms with Crippen molar-refractivity contribution in [3.63, 3.8) is 0 Å². The van der Waals surface area contributed by atoms with Gasteiger partial charge < -0.3 is 14.7 Å². The van der Waals surface area contributed by atoms with Crippen LogP contribution in [0, 0.1) is 5.92 Å². The number of piperazine rings is 1. The third kappa shape index (κ3) is 5.55. The van der Waals surface area contributed by atoms with E-state index in [1.54, 1.807) is 36.4 Å². The zero-order valence-electron chi connectivity index (χ0n) is 20.0. The lowest BCUT2D eigenvalue weighted by Crippen LogP contribution is -2.55. The third-order valence-corrected chi connectivity index (χ3v) is 9.65. The highest BCUT2D eigenvalue weighted by Crippen LogP contribution is 2.39. The van der Waals surface area contributed by atoms with Crippen LogP contribution in [0.5, 0.6) is 0 Å². The molecule has 0 bridgehead atoms. The lowest BCUT2D eigenvalue weighted by Gasteiger charge is -2.44. The molecule has 0 unspecified atom stereocenters. The number of hydrogen-bond donors (Lipinski definition) is 2. The van der Waals surface area contributed by atoms with E-state index in [1.807, 2.05) is 0 Å². The molecular weight excluding hydrogens is 513 g/mol. The Hall–Kier alpha value is -1.79. The summed E-state index contributed by atoms with van der Waals surface area (Å²) in [6, 6.07) is 12.1. The summed E-state index contributed by atoms with van der Waals surface area (Å²) in [5, 5.41) is 10.0. The molecule has 0 aliphatic carbocycles. The van der Waals surface area contributed by atoms with Crippen LogP contribution in [-0.4, -0.2) is 62.9 Å². The lowest BCUT2D eigenvalue weighted by atomic mass is 9.90. The summed E-state index contributed by atoms with van der Waals surface area (Å²) in [7, 11) is -3.77. The summed E-state index contributed by atoms with van der Waals surface area (Å²) in [4.78, 5) is 2.61. The molecule has 0 aromatic heterocycles. The molecule has 0 radical (unpaired) electrons. The number of halogens is 3. The van der Waals surface area contributed by atoms with Crippen LogP contribution >= 0.6 is 12.6 Å². The number of hydrogen-bond acceptors (Lipinski definition) is 6. The molecule has 1 N–H and O–H groups in total. The van der Waals surface area contributed by atoms with E-state index in [4.69, 9.17) is 4.74 Å². The maximum absolute atomic E-state index is 13.4. The smallest absolute Gasteiger partial charge is 0.381 e. The first kappa shape index (κ1) is 27.3. The molecule has 2 fully saturated rings. The minimum atomic E-state index is -4.80. The predicted molar refractivity (Wildman–Crippen MR) is 134 cm³/mol. The number of nitrogens with zero attached hydrogens (tertiary/aromatic N) is 2. The average molecular weight is 545 g/mol. The van der Waals surface area contributed by atoms with Gasteiger partial charge >= 0.3 is 6.18 Å². The van der Waals surface area contributed by atoms with Crippen LogP contribution in [0.25, 0.3) is 0 Å².